The molecule has 0 saturated carbocycles. The zero-order chi connectivity index (χ0) is 15.2. The van der Waals surface area contributed by atoms with E-state index in [0.717, 1.165) is 10.0 Å². The minimum atomic E-state index is -0.0840. The zero-order valence-electron chi connectivity index (χ0n) is 12.4. The molecule has 2 amide bonds. The van der Waals surface area contributed by atoms with Crippen LogP contribution in [0, 0.1) is 0 Å². The molecule has 1 saturated heterocycles. The Balaban J connectivity index is 2.05. The number of allylic oxidation sites excluding steroid dienone is 1. The van der Waals surface area contributed by atoms with Gasteiger partial charge in [-0.05, 0) is 31.5 Å². The van der Waals surface area contributed by atoms with Gasteiger partial charge in [0.05, 0.1) is 12.6 Å². The second kappa shape index (κ2) is 7.61. The Morgan fingerprint density at radius 2 is 2.19 bits per heavy atom. The average Bonchev–Trinajstić information content (AvgIpc) is 2.49. The topological polar surface area (TPSA) is 41.6 Å². The fraction of sp³-hybridized carbons (Fsp3) is 0.438. The van der Waals surface area contributed by atoms with Gasteiger partial charge in [-0.1, -0.05) is 40.2 Å². The molecule has 0 aromatic heterocycles. The van der Waals surface area contributed by atoms with Crippen molar-refractivity contribution in [2.75, 3.05) is 19.7 Å². The van der Waals surface area contributed by atoms with E-state index in [2.05, 4.69) is 21.2 Å². The SMILES string of the molecule is CC=CCNC(=O)N1CCO[C@H](c2ccc(Br)cc2)[C@H]1C. The first kappa shape index (κ1) is 16.0. The summed E-state index contributed by atoms with van der Waals surface area (Å²) in [5.74, 6) is 0. The van der Waals surface area contributed by atoms with Crippen molar-refractivity contribution in [3.05, 3.63) is 46.5 Å². The van der Waals surface area contributed by atoms with Gasteiger partial charge in [-0.2, -0.15) is 0 Å². The van der Waals surface area contributed by atoms with E-state index in [-0.39, 0.29) is 18.2 Å². The maximum atomic E-state index is 12.2. The molecular formula is C16H21BrN2O2. The summed E-state index contributed by atoms with van der Waals surface area (Å²) in [7, 11) is 0. The van der Waals surface area contributed by atoms with Gasteiger partial charge in [-0.15, -0.1) is 0 Å². The smallest absolute Gasteiger partial charge is 0.318 e. The molecule has 2 rings (SSSR count). The number of rotatable bonds is 3. The predicted molar refractivity (Wildman–Crippen MR) is 87.2 cm³/mol. The highest BCUT2D eigenvalue weighted by Gasteiger charge is 2.32. The minimum absolute atomic E-state index is 0.00512. The van der Waals surface area contributed by atoms with Crippen molar-refractivity contribution >= 4 is 22.0 Å². The lowest BCUT2D eigenvalue weighted by Gasteiger charge is -2.39. The molecule has 1 heterocycles. The summed E-state index contributed by atoms with van der Waals surface area (Å²) in [6, 6.07) is 8.03. The lowest BCUT2D eigenvalue weighted by molar-refractivity contribution is -0.0496. The maximum Gasteiger partial charge on any atom is 0.318 e. The van der Waals surface area contributed by atoms with Crippen LogP contribution in [0.3, 0.4) is 0 Å². The maximum absolute atomic E-state index is 12.2. The van der Waals surface area contributed by atoms with E-state index < -0.39 is 0 Å². The highest BCUT2D eigenvalue weighted by Crippen LogP contribution is 2.29. The number of hydrogen-bond acceptors (Lipinski definition) is 2. The van der Waals surface area contributed by atoms with Crippen molar-refractivity contribution in [2.24, 2.45) is 0 Å². The molecule has 1 N–H and O–H groups in total. The van der Waals surface area contributed by atoms with E-state index in [0.29, 0.717) is 19.7 Å². The molecule has 0 spiro atoms. The number of halogens is 1. The molecule has 1 aliphatic rings. The highest BCUT2D eigenvalue weighted by molar-refractivity contribution is 9.10. The van der Waals surface area contributed by atoms with E-state index in [4.69, 9.17) is 4.74 Å². The summed E-state index contributed by atoms with van der Waals surface area (Å²) < 4.78 is 6.91. The van der Waals surface area contributed by atoms with E-state index in [1.807, 2.05) is 55.2 Å². The molecule has 2 atom stereocenters. The summed E-state index contributed by atoms with van der Waals surface area (Å²) >= 11 is 3.43. The van der Waals surface area contributed by atoms with Gasteiger partial charge in [-0.3, -0.25) is 0 Å². The molecule has 21 heavy (non-hydrogen) atoms. The quantitative estimate of drug-likeness (QED) is 0.845. The van der Waals surface area contributed by atoms with Crippen LogP contribution in [0.15, 0.2) is 40.9 Å². The molecule has 1 aliphatic heterocycles. The standard InChI is InChI=1S/C16H21BrN2O2/c1-3-4-9-18-16(20)19-10-11-21-15(12(19)2)13-5-7-14(17)8-6-13/h3-8,12,15H,9-11H2,1-2H3,(H,18,20)/t12-,15+/m1/s1. The van der Waals surface area contributed by atoms with Gasteiger partial charge in [0, 0.05) is 17.6 Å². The predicted octanol–water partition coefficient (Wildman–Crippen LogP) is 3.50. The van der Waals surface area contributed by atoms with Crippen LogP contribution in [-0.4, -0.2) is 36.7 Å². The normalized spacial score (nSPS) is 22.5. The number of hydrogen-bond donors (Lipinski definition) is 1. The molecule has 0 radical (unpaired) electrons. The van der Waals surface area contributed by atoms with E-state index in [9.17, 15) is 4.79 Å². The van der Waals surface area contributed by atoms with Gasteiger partial charge in [0.1, 0.15) is 6.10 Å². The average molecular weight is 353 g/mol. The molecule has 1 fully saturated rings. The van der Waals surface area contributed by atoms with Gasteiger partial charge in [0.25, 0.3) is 0 Å². The number of benzene rings is 1. The van der Waals surface area contributed by atoms with Gasteiger partial charge >= 0.3 is 6.03 Å². The lowest BCUT2D eigenvalue weighted by Crippen LogP contribution is -2.52. The van der Waals surface area contributed by atoms with Crippen LogP contribution >= 0.6 is 15.9 Å². The van der Waals surface area contributed by atoms with Crippen LogP contribution in [0.5, 0.6) is 0 Å². The second-order valence-corrected chi connectivity index (χ2v) is 5.95. The van der Waals surface area contributed by atoms with Gasteiger partial charge in [-0.25, -0.2) is 4.79 Å². The number of ether oxygens (including phenoxy) is 1. The number of carbonyl (C=O) groups excluding carboxylic acids is 1. The molecule has 0 bridgehead atoms. The Labute approximate surface area is 134 Å². The van der Waals surface area contributed by atoms with Gasteiger partial charge in [0.2, 0.25) is 0 Å². The van der Waals surface area contributed by atoms with Gasteiger partial charge < -0.3 is 15.0 Å². The summed E-state index contributed by atoms with van der Waals surface area (Å²) in [5.41, 5.74) is 1.09. The van der Waals surface area contributed by atoms with Crippen molar-refractivity contribution in [1.29, 1.82) is 0 Å². The molecule has 0 unspecified atom stereocenters. The fourth-order valence-electron chi connectivity index (χ4n) is 2.46. The van der Waals surface area contributed by atoms with Crippen molar-refractivity contribution < 1.29 is 9.53 Å². The van der Waals surface area contributed by atoms with Crippen molar-refractivity contribution in [1.82, 2.24) is 10.2 Å². The monoisotopic (exact) mass is 352 g/mol. The van der Waals surface area contributed by atoms with Crippen molar-refractivity contribution in [3.8, 4) is 0 Å². The molecule has 4 nitrogen and oxygen atoms in total. The van der Waals surface area contributed by atoms with Crippen LogP contribution in [0.25, 0.3) is 0 Å². The number of amides is 2. The molecule has 5 heteroatoms. The fourth-order valence-corrected chi connectivity index (χ4v) is 2.73. The van der Waals surface area contributed by atoms with Crippen LogP contribution in [0.2, 0.25) is 0 Å². The van der Waals surface area contributed by atoms with Crippen LogP contribution in [-0.2, 0) is 4.74 Å². The Kier molecular flexibility index (Phi) is 5.82. The molecule has 1 aromatic carbocycles. The molecule has 114 valence electrons. The number of carbonyl (C=O) groups is 1. The third-order valence-electron chi connectivity index (χ3n) is 3.63. The molecule has 1 aromatic rings. The zero-order valence-corrected chi connectivity index (χ0v) is 14.0. The Morgan fingerprint density at radius 3 is 2.86 bits per heavy atom. The third kappa shape index (κ3) is 4.08. The largest absolute Gasteiger partial charge is 0.370 e. The number of morpholine rings is 1. The van der Waals surface area contributed by atoms with Gasteiger partial charge in [0.15, 0.2) is 0 Å². The number of nitrogens with zero attached hydrogens (tertiary/aromatic N) is 1. The Bertz CT molecular complexity index is 502. The van der Waals surface area contributed by atoms with Crippen LogP contribution in [0.1, 0.15) is 25.5 Å². The molecule has 0 aliphatic carbocycles. The second-order valence-electron chi connectivity index (χ2n) is 5.03. The van der Waals surface area contributed by atoms with Crippen LogP contribution < -0.4 is 5.32 Å². The lowest BCUT2D eigenvalue weighted by atomic mass is 10.0. The molecular weight excluding hydrogens is 332 g/mol. The van der Waals surface area contributed by atoms with E-state index >= 15 is 0 Å². The van der Waals surface area contributed by atoms with Crippen LogP contribution in [0.4, 0.5) is 4.79 Å². The number of urea groups is 1. The Hall–Kier alpha value is -1.33. The first-order valence-electron chi connectivity index (χ1n) is 7.16. The van der Waals surface area contributed by atoms with E-state index in [1.165, 1.54) is 0 Å². The third-order valence-corrected chi connectivity index (χ3v) is 4.15. The summed E-state index contributed by atoms with van der Waals surface area (Å²) in [4.78, 5) is 14.1. The summed E-state index contributed by atoms with van der Waals surface area (Å²) in [6.45, 7) is 5.70. The summed E-state index contributed by atoms with van der Waals surface area (Å²) in [6.07, 6.45) is 3.77. The number of nitrogens with one attached hydrogen (secondary N) is 1. The van der Waals surface area contributed by atoms with Crippen molar-refractivity contribution in [2.45, 2.75) is 26.0 Å². The van der Waals surface area contributed by atoms with E-state index in [1.54, 1.807) is 0 Å². The highest BCUT2D eigenvalue weighted by atomic mass is 79.9. The minimum Gasteiger partial charge on any atom is -0.370 e. The first-order chi connectivity index (χ1) is 10.1. The van der Waals surface area contributed by atoms with Crippen molar-refractivity contribution in [3.63, 3.8) is 0 Å². The summed E-state index contributed by atoms with van der Waals surface area (Å²) in [5, 5.41) is 2.90. The first-order valence-corrected chi connectivity index (χ1v) is 7.95. The Morgan fingerprint density at radius 1 is 1.48 bits per heavy atom.